The van der Waals surface area contributed by atoms with Crippen molar-refractivity contribution in [2.45, 2.75) is 58.4 Å². The van der Waals surface area contributed by atoms with Crippen LogP contribution < -0.4 is 5.32 Å². The van der Waals surface area contributed by atoms with Crippen molar-refractivity contribution in [2.75, 3.05) is 0 Å². The van der Waals surface area contributed by atoms with Gasteiger partial charge in [0, 0.05) is 5.92 Å². The number of carbonyl (C=O) groups excluding carboxylic acids is 1. The predicted octanol–water partition coefficient (Wildman–Crippen LogP) is 4.47. The molecule has 0 aliphatic heterocycles. The molecule has 1 atom stereocenters. The second-order valence-corrected chi connectivity index (χ2v) is 6.37. The minimum Gasteiger partial charge on any atom is -0.349 e. The summed E-state index contributed by atoms with van der Waals surface area (Å²) in [5, 5.41) is 3.24. The third kappa shape index (κ3) is 4.36. The van der Waals surface area contributed by atoms with Crippen LogP contribution >= 0.6 is 0 Å². The summed E-state index contributed by atoms with van der Waals surface area (Å²) in [5.41, 5.74) is 1.24. The first-order valence-corrected chi connectivity index (χ1v) is 8.02. The third-order valence-corrected chi connectivity index (χ3v) is 4.34. The molecule has 0 heterocycles. The van der Waals surface area contributed by atoms with Crippen molar-refractivity contribution < 1.29 is 4.79 Å². The van der Waals surface area contributed by atoms with Gasteiger partial charge in [0.05, 0.1) is 6.04 Å². The fourth-order valence-electron chi connectivity index (χ4n) is 3.06. The minimum absolute atomic E-state index is 0.0487. The SMILES string of the molecule is CC(C)C(=O)N[C@@H](CC1CCCCC1)c1ccccc1. The van der Waals surface area contributed by atoms with Gasteiger partial charge in [0.25, 0.3) is 0 Å². The molecule has 0 aromatic heterocycles. The number of hydrogen-bond donors (Lipinski definition) is 1. The Labute approximate surface area is 123 Å². The van der Waals surface area contributed by atoms with Crippen molar-refractivity contribution in [3.05, 3.63) is 35.9 Å². The molecule has 0 spiro atoms. The first-order chi connectivity index (χ1) is 9.66. The summed E-state index contributed by atoms with van der Waals surface area (Å²) >= 11 is 0. The van der Waals surface area contributed by atoms with Crippen LogP contribution in [0.4, 0.5) is 0 Å². The van der Waals surface area contributed by atoms with Crippen LogP contribution in [0.5, 0.6) is 0 Å². The topological polar surface area (TPSA) is 29.1 Å². The Morgan fingerprint density at radius 1 is 1.15 bits per heavy atom. The van der Waals surface area contributed by atoms with E-state index in [1.807, 2.05) is 19.9 Å². The van der Waals surface area contributed by atoms with Crippen molar-refractivity contribution in [3.63, 3.8) is 0 Å². The van der Waals surface area contributed by atoms with E-state index in [1.165, 1.54) is 37.7 Å². The largest absolute Gasteiger partial charge is 0.349 e. The molecule has 1 saturated carbocycles. The Morgan fingerprint density at radius 3 is 2.40 bits per heavy atom. The van der Waals surface area contributed by atoms with E-state index in [1.54, 1.807) is 0 Å². The van der Waals surface area contributed by atoms with E-state index in [9.17, 15) is 4.79 Å². The summed E-state index contributed by atoms with van der Waals surface area (Å²) < 4.78 is 0. The number of benzene rings is 1. The molecule has 0 radical (unpaired) electrons. The second-order valence-electron chi connectivity index (χ2n) is 6.37. The van der Waals surface area contributed by atoms with Crippen LogP contribution in [0, 0.1) is 11.8 Å². The second kappa shape index (κ2) is 7.47. The zero-order valence-electron chi connectivity index (χ0n) is 12.8. The molecule has 1 fully saturated rings. The van der Waals surface area contributed by atoms with Gasteiger partial charge in [-0.3, -0.25) is 4.79 Å². The highest BCUT2D eigenvalue weighted by molar-refractivity contribution is 5.78. The number of amides is 1. The highest BCUT2D eigenvalue weighted by Crippen LogP contribution is 2.32. The van der Waals surface area contributed by atoms with Crippen molar-refractivity contribution in [3.8, 4) is 0 Å². The van der Waals surface area contributed by atoms with Crippen LogP contribution in [0.25, 0.3) is 0 Å². The number of rotatable bonds is 5. The summed E-state index contributed by atoms with van der Waals surface area (Å²) in [6.45, 7) is 3.91. The molecule has 1 aromatic carbocycles. The molecular weight excluding hydrogens is 246 g/mol. The van der Waals surface area contributed by atoms with Gasteiger partial charge in [0.2, 0.25) is 5.91 Å². The van der Waals surface area contributed by atoms with Crippen molar-refractivity contribution in [1.82, 2.24) is 5.32 Å². The van der Waals surface area contributed by atoms with Gasteiger partial charge < -0.3 is 5.32 Å². The van der Waals surface area contributed by atoms with Crippen LogP contribution in [-0.2, 0) is 4.79 Å². The van der Waals surface area contributed by atoms with E-state index < -0.39 is 0 Å². The lowest BCUT2D eigenvalue weighted by molar-refractivity contribution is -0.124. The van der Waals surface area contributed by atoms with Gasteiger partial charge in [-0.05, 0) is 17.9 Å². The van der Waals surface area contributed by atoms with E-state index in [0.29, 0.717) is 0 Å². The normalized spacial score (nSPS) is 17.9. The fraction of sp³-hybridized carbons (Fsp3) is 0.611. The van der Waals surface area contributed by atoms with E-state index >= 15 is 0 Å². The molecule has 1 N–H and O–H groups in total. The Kier molecular flexibility index (Phi) is 5.63. The third-order valence-electron chi connectivity index (χ3n) is 4.34. The van der Waals surface area contributed by atoms with E-state index in [4.69, 9.17) is 0 Å². The zero-order valence-corrected chi connectivity index (χ0v) is 12.8. The molecule has 2 rings (SSSR count). The molecule has 110 valence electrons. The molecule has 0 unspecified atom stereocenters. The van der Waals surface area contributed by atoms with Gasteiger partial charge in [-0.15, -0.1) is 0 Å². The Balaban J connectivity index is 2.05. The maximum Gasteiger partial charge on any atom is 0.223 e. The van der Waals surface area contributed by atoms with Crippen LogP contribution in [-0.4, -0.2) is 5.91 Å². The minimum atomic E-state index is 0.0487. The zero-order chi connectivity index (χ0) is 14.4. The highest BCUT2D eigenvalue weighted by Gasteiger charge is 2.22. The average molecular weight is 273 g/mol. The molecule has 1 aromatic rings. The van der Waals surface area contributed by atoms with Crippen LogP contribution in [0.2, 0.25) is 0 Å². The van der Waals surface area contributed by atoms with E-state index in [2.05, 4.69) is 29.6 Å². The summed E-state index contributed by atoms with van der Waals surface area (Å²) in [5.74, 6) is 0.976. The fourth-order valence-corrected chi connectivity index (χ4v) is 3.06. The smallest absolute Gasteiger partial charge is 0.223 e. The first-order valence-electron chi connectivity index (χ1n) is 8.02. The van der Waals surface area contributed by atoms with Crippen molar-refractivity contribution >= 4 is 5.91 Å². The highest BCUT2D eigenvalue weighted by atomic mass is 16.1. The quantitative estimate of drug-likeness (QED) is 0.842. The summed E-state index contributed by atoms with van der Waals surface area (Å²) in [4.78, 5) is 12.1. The van der Waals surface area contributed by atoms with Gasteiger partial charge in [-0.1, -0.05) is 76.3 Å². The van der Waals surface area contributed by atoms with Gasteiger partial charge in [-0.25, -0.2) is 0 Å². The molecule has 0 bridgehead atoms. The van der Waals surface area contributed by atoms with Crippen LogP contribution in [0.3, 0.4) is 0 Å². The van der Waals surface area contributed by atoms with Gasteiger partial charge >= 0.3 is 0 Å². The lowest BCUT2D eigenvalue weighted by atomic mass is 9.83. The molecule has 1 amide bonds. The van der Waals surface area contributed by atoms with Gasteiger partial charge in [0.1, 0.15) is 0 Å². The monoisotopic (exact) mass is 273 g/mol. The van der Waals surface area contributed by atoms with E-state index in [-0.39, 0.29) is 17.9 Å². The van der Waals surface area contributed by atoms with Crippen LogP contribution in [0.15, 0.2) is 30.3 Å². The lowest BCUT2D eigenvalue weighted by Crippen LogP contribution is -2.33. The molecule has 1 aliphatic rings. The molecule has 2 nitrogen and oxygen atoms in total. The first kappa shape index (κ1) is 15.1. The molecule has 1 aliphatic carbocycles. The summed E-state index contributed by atoms with van der Waals surface area (Å²) in [6.07, 6.45) is 7.81. The van der Waals surface area contributed by atoms with E-state index in [0.717, 1.165) is 12.3 Å². The molecule has 20 heavy (non-hydrogen) atoms. The molecule has 0 saturated heterocycles. The average Bonchev–Trinajstić information content (AvgIpc) is 2.48. The molecular formula is C18H27NO. The lowest BCUT2D eigenvalue weighted by Gasteiger charge is -2.28. The van der Waals surface area contributed by atoms with Gasteiger partial charge in [0.15, 0.2) is 0 Å². The summed E-state index contributed by atoms with van der Waals surface area (Å²) in [6, 6.07) is 10.6. The maximum atomic E-state index is 12.1. The number of carbonyl (C=O) groups is 1. The summed E-state index contributed by atoms with van der Waals surface area (Å²) in [7, 11) is 0. The van der Waals surface area contributed by atoms with Gasteiger partial charge in [-0.2, -0.15) is 0 Å². The van der Waals surface area contributed by atoms with Crippen LogP contribution in [0.1, 0.15) is 64.0 Å². The van der Waals surface area contributed by atoms with Crippen molar-refractivity contribution in [2.24, 2.45) is 11.8 Å². The van der Waals surface area contributed by atoms with Crippen molar-refractivity contribution in [1.29, 1.82) is 0 Å². The predicted molar refractivity (Wildman–Crippen MR) is 83.4 cm³/mol. The Morgan fingerprint density at radius 2 is 1.80 bits per heavy atom. The Hall–Kier alpha value is -1.31. The number of hydrogen-bond acceptors (Lipinski definition) is 1. The Bertz CT molecular complexity index is 407. The maximum absolute atomic E-state index is 12.1. The molecule has 2 heteroatoms. The standard InChI is InChI=1S/C18H27NO/c1-14(2)18(20)19-17(16-11-7-4-8-12-16)13-15-9-5-3-6-10-15/h4,7-8,11-12,14-15,17H,3,5-6,9-10,13H2,1-2H3,(H,19,20)/t17-/m0/s1. The number of nitrogens with one attached hydrogen (secondary N) is 1.